The monoisotopic (exact) mass is 1410 g/mol. The topological polar surface area (TPSA) is 0 Å². The molecule has 8 atom stereocenters. The Morgan fingerprint density at radius 1 is 0.230 bits per heavy atom. The van der Waals surface area contributed by atoms with Gasteiger partial charge in [-0.1, -0.05) is 367 Å². The molecule has 6 rings (SSSR count). The number of hydrogen-bond acceptors (Lipinski definition) is 0. The van der Waals surface area contributed by atoms with E-state index in [4.69, 9.17) is 5.48 Å². The molecule has 6 aliphatic rings. The second-order valence-corrected chi connectivity index (χ2v) is 43.9. The Morgan fingerprint density at radius 3 is 0.550 bits per heavy atom. The summed E-state index contributed by atoms with van der Waals surface area (Å²) in [6.07, 6.45) is 42.3. The van der Waals surface area contributed by atoms with Crippen LogP contribution in [-0.2, 0) is 0 Å². The van der Waals surface area contributed by atoms with Gasteiger partial charge in [0.05, 0.1) is 0 Å². The fourth-order valence-electron chi connectivity index (χ4n) is 23.7. The summed E-state index contributed by atoms with van der Waals surface area (Å²) < 4.78 is 54.6. The van der Waals surface area contributed by atoms with Crippen molar-refractivity contribution >= 4 is 0 Å². The van der Waals surface area contributed by atoms with Gasteiger partial charge in [0.25, 0.3) is 0 Å². The van der Waals surface area contributed by atoms with Crippen molar-refractivity contribution in [1.82, 2.24) is 0 Å². The Kier molecular flexibility index (Phi) is 35.0. The minimum Gasteiger partial charge on any atom is -0.0648 e. The van der Waals surface area contributed by atoms with Gasteiger partial charge in [0.2, 0.25) is 0 Å². The normalized spacial score (nSPS) is 26.0. The quantitative estimate of drug-likeness (QED) is 0.101. The molecule has 0 heteroatoms. The highest BCUT2D eigenvalue weighted by Crippen LogP contribution is 2.61. The molecule has 0 heterocycles. The van der Waals surface area contributed by atoms with Gasteiger partial charge in [-0.2, -0.15) is 0 Å². The maximum atomic E-state index is 9.31. The van der Waals surface area contributed by atoms with E-state index in [9.17, 15) is 2.74 Å². The van der Waals surface area contributed by atoms with Crippen LogP contribution in [0.2, 0.25) is 0 Å². The van der Waals surface area contributed by atoms with E-state index in [2.05, 4.69) is 277 Å². The van der Waals surface area contributed by atoms with Crippen LogP contribution in [-0.4, -0.2) is 0 Å². The van der Waals surface area contributed by atoms with Crippen LogP contribution in [0.4, 0.5) is 0 Å². The van der Waals surface area contributed by atoms with Crippen LogP contribution < -0.4 is 0 Å². The second-order valence-electron chi connectivity index (χ2n) is 43.9. The molecule has 0 bridgehead atoms. The van der Waals surface area contributed by atoms with Crippen LogP contribution >= 0.6 is 0 Å². The molecule has 0 spiro atoms. The lowest BCUT2D eigenvalue weighted by Gasteiger charge is -2.52. The van der Waals surface area contributed by atoms with Gasteiger partial charge in [-0.05, 0) is 275 Å². The minimum absolute atomic E-state index is 0.0755. The van der Waals surface area contributed by atoms with Crippen molar-refractivity contribution in [3.05, 3.63) is 0 Å². The van der Waals surface area contributed by atoms with Crippen molar-refractivity contribution in [2.45, 2.75) is 495 Å². The van der Waals surface area contributed by atoms with Gasteiger partial charge in [-0.25, -0.2) is 0 Å². The highest BCUT2D eigenvalue weighted by atomic mass is 14.6. The molecule has 0 radical (unpaired) electrons. The van der Waals surface area contributed by atoms with E-state index in [1.165, 1.54) is 154 Å². The van der Waals surface area contributed by atoms with Crippen LogP contribution in [0.25, 0.3) is 0 Å². The first kappa shape index (κ1) is 87.2. The molecule has 0 aromatic rings. The number of rotatable bonds is 22. The van der Waals surface area contributed by atoms with Crippen molar-refractivity contribution in [1.29, 1.82) is 0 Å². The first-order valence-corrected chi connectivity index (χ1v) is 44.7. The average Bonchev–Trinajstić information content (AvgIpc) is 1.70. The third-order valence-electron chi connectivity index (χ3n) is 33.6. The molecule has 6 saturated carbocycles. The smallest absolute Gasteiger partial charge is 0.0309 e. The van der Waals surface area contributed by atoms with Gasteiger partial charge >= 0.3 is 0 Å². The average molecular weight is 1410 g/mol. The fraction of sp³-hybridized carbons (Fsp3) is 1.00. The van der Waals surface area contributed by atoms with Crippen LogP contribution in [0.3, 0.4) is 0 Å². The molecular formula is C100H200. The third kappa shape index (κ3) is 24.5. The van der Waals surface area contributed by atoms with E-state index in [0.29, 0.717) is 46.3 Å². The molecular weight excluding hydrogens is 1200 g/mol. The predicted molar refractivity (Wildman–Crippen MR) is 460 cm³/mol. The Balaban J connectivity index is 0.000000637. The molecule has 8 unspecified atom stereocenters. The van der Waals surface area contributed by atoms with E-state index in [1.807, 2.05) is 0 Å². The largest absolute Gasteiger partial charge is 0.0648 e. The zero-order chi connectivity index (χ0) is 83.5. The lowest BCUT2D eigenvalue weighted by Crippen LogP contribution is -2.44. The molecule has 0 aromatic carbocycles. The SMILES string of the molecule is [2H]C(C)(C1CC1)C(CC)(CC)C(C)(C)C.[2H]C(C)(C1CCC(C)(C)CC1)C(C)(CC)C(C)(C)C.[2H]C(C)(C1CCC(C)(C)CC1)C(CC)(CC)C(C)(C)C.[2H]C(C)(C1CCCC1)C(CC)(CC)C(C)(C)C.[2H]C(C)(C1CCCCC1)C(C)(CC)C(C)(C)C.[2H]C(C)(C1CCCCC1)C(CC)(CC)C(C)(C)C. The minimum atomic E-state index is -0.323. The Morgan fingerprint density at radius 2 is 0.390 bits per heavy atom. The number of hydrogen-bond donors (Lipinski definition) is 0. The van der Waals surface area contributed by atoms with Crippen molar-refractivity contribution < 1.29 is 8.22 Å². The summed E-state index contributed by atoms with van der Waals surface area (Å²) in [6, 6.07) is 0. The summed E-state index contributed by atoms with van der Waals surface area (Å²) in [7, 11) is 0. The van der Waals surface area contributed by atoms with Crippen LogP contribution in [0.1, 0.15) is 503 Å². The molecule has 0 nitrogen and oxygen atoms in total. The van der Waals surface area contributed by atoms with Crippen LogP contribution in [0.15, 0.2) is 0 Å². The molecule has 0 N–H and O–H groups in total. The Bertz CT molecular complexity index is 2430. The van der Waals surface area contributed by atoms with E-state index in [0.717, 1.165) is 64.2 Å². The maximum Gasteiger partial charge on any atom is 0.0309 e. The first-order valence-electron chi connectivity index (χ1n) is 47.7. The highest BCUT2D eigenvalue weighted by Gasteiger charge is 2.52. The zero-order valence-electron chi connectivity index (χ0n) is 83.5. The highest BCUT2D eigenvalue weighted by molar-refractivity contribution is 5.02. The van der Waals surface area contributed by atoms with E-state index in [1.54, 1.807) is 0 Å². The molecule has 0 aromatic heterocycles. The Hall–Kier alpha value is 0. The maximum absolute atomic E-state index is 9.31. The van der Waals surface area contributed by atoms with E-state index < -0.39 is 0 Å². The van der Waals surface area contributed by atoms with E-state index in [-0.39, 0.29) is 100 Å². The van der Waals surface area contributed by atoms with Gasteiger partial charge in [0.15, 0.2) is 0 Å². The summed E-state index contributed by atoms with van der Waals surface area (Å²) in [5, 5.41) is 0. The van der Waals surface area contributed by atoms with Crippen molar-refractivity contribution in [3.8, 4) is 0 Å². The summed E-state index contributed by atoms with van der Waals surface area (Å²) >= 11 is 0. The molecule has 0 saturated heterocycles. The Labute approximate surface area is 646 Å². The van der Waals surface area contributed by atoms with Gasteiger partial charge in [-0.3, -0.25) is 0 Å². The predicted octanol–water partition coefficient (Wildman–Crippen LogP) is 35.3. The summed E-state index contributed by atoms with van der Waals surface area (Å²) in [4.78, 5) is 0. The van der Waals surface area contributed by atoms with Crippen LogP contribution in [0.5, 0.6) is 0 Å². The zero-order valence-corrected chi connectivity index (χ0v) is 77.5. The van der Waals surface area contributed by atoms with Gasteiger partial charge in [-0.15, -0.1) is 0 Å². The second kappa shape index (κ2) is 40.1. The third-order valence-corrected chi connectivity index (χ3v) is 33.6. The molecule has 6 fully saturated rings. The van der Waals surface area contributed by atoms with Crippen molar-refractivity contribution in [3.63, 3.8) is 0 Å². The lowest BCUT2D eigenvalue weighted by molar-refractivity contribution is -0.0311. The molecule has 100 heavy (non-hydrogen) atoms. The van der Waals surface area contributed by atoms with Gasteiger partial charge in [0.1, 0.15) is 0 Å². The van der Waals surface area contributed by atoms with Gasteiger partial charge < -0.3 is 0 Å². The molecule has 6 aliphatic carbocycles. The summed E-state index contributed by atoms with van der Waals surface area (Å²) in [5.41, 5.74) is 2.99. The van der Waals surface area contributed by atoms with Gasteiger partial charge in [0, 0.05) is 8.22 Å². The van der Waals surface area contributed by atoms with Crippen molar-refractivity contribution in [2.75, 3.05) is 0 Å². The molecule has 0 amide bonds. The summed E-state index contributed by atoms with van der Waals surface area (Å²) in [5.74, 6) is 1.86. The molecule has 0 aliphatic heterocycles. The lowest BCUT2D eigenvalue weighted by atomic mass is 9.52. The molecule has 600 valence electrons. The first-order chi connectivity index (χ1) is 47.7. The fourth-order valence-corrected chi connectivity index (χ4v) is 23.7. The summed E-state index contributed by atoms with van der Waals surface area (Å²) in [6.45, 7) is 92.3. The standard InChI is InChI=1S/C19H38.C18H36.C17H34.2C16H32.C14H28/c1-9-19(10-2,17(4,5)6)15(3)16-11-13-18(7,8)14-12-16;1-9-18(8,16(3,4)5)14(2)15-10-12-17(6,7)13-11-15;1-7-17(8-2,16(4,5)6)14(3)15-12-10-9-11-13-15;1-7-16(6,15(3,4)5)13(2)14-11-9-8-10-12-14;1-7-16(8-2,15(4,5)6)13(3)14-11-9-10-12-14;1-7-14(8-2,13(4,5)6)11(3)12-9-10-12/h15-16H,9-14H2,1-8H3;14-15H,9-13H2,1-8H3;14-15H,7-13H2,1-6H3;2*13-14H,7-12H2,1-6H3;11-12H,7-10H2,1-6H3/i15D;2*14D;2*13D;11D. The van der Waals surface area contributed by atoms with Crippen molar-refractivity contribution in [2.24, 2.45) is 147 Å². The van der Waals surface area contributed by atoms with E-state index >= 15 is 0 Å². The van der Waals surface area contributed by atoms with Crippen LogP contribution in [0, 0.1) is 147 Å².